The molecule has 6 heteroatoms. The molecule has 24 heavy (non-hydrogen) atoms. The first kappa shape index (κ1) is 20.5. The standard InChI is InChI=1S/C18H29NO4S/c1-6-7-12-19(17(20)13-18(2,3)4)14-15-8-10-16(11-9-15)23-24(5,21)22/h8-11H,6-7,12-14H2,1-5H3. The van der Waals surface area contributed by atoms with Crippen molar-refractivity contribution in [2.24, 2.45) is 5.41 Å². The van der Waals surface area contributed by atoms with Crippen LogP contribution in [0.2, 0.25) is 0 Å². The summed E-state index contributed by atoms with van der Waals surface area (Å²) in [6, 6.07) is 6.82. The second-order valence-corrected chi connectivity index (χ2v) is 8.91. The third-order valence-corrected chi connectivity index (χ3v) is 3.86. The van der Waals surface area contributed by atoms with E-state index in [1.54, 1.807) is 24.3 Å². The lowest BCUT2D eigenvalue weighted by atomic mass is 9.91. The van der Waals surface area contributed by atoms with Crippen LogP contribution in [-0.4, -0.2) is 32.0 Å². The van der Waals surface area contributed by atoms with E-state index in [1.165, 1.54) is 0 Å². The number of hydrogen-bond acceptors (Lipinski definition) is 4. The first-order valence-electron chi connectivity index (χ1n) is 8.26. The summed E-state index contributed by atoms with van der Waals surface area (Å²) in [6.45, 7) is 9.52. The molecule has 0 fully saturated rings. The average molecular weight is 356 g/mol. The van der Waals surface area contributed by atoms with Gasteiger partial charge in [-0.25, -0.2) is 0 Å². The Morgan fingerprint density at radius 2 is 1.75 bits per heavy atom. The van der Waals surface area contributed by atoms with Gasteiger partial charge in [0.1, 0.15) is 5.75 Å². The van der Waals surface area contributed by atoms with E-state index in [2.05, 4.69) is 27.7 Å². The minimum absolute atomic E-state index is 0.0469. The highest BCUT2D eigenvalue weighted by atomic mass is 32.2. The van der Waals surface area contributed by atoms with E-state index < -0.39 is 10.1 Å². The second kappa shape index (κ2) is 8.51. The monoisotopic (exact) mass is 355 g/mol. The Kier molecular flexibility index (Phi) is 7.27. The lowest BCUT2D eigenvalue weighted by molar-refractivity contribution is -0.133. The summed E-state index contributed by atoms with van der Waals surface area (Å²) < 4.78 is 27.1. The van der Waals surface area contributed by atoms with Crippen LogP contribution in [0.3, 0.4) is 0 Å². The Bertz CT molecular complexity index is 630. The molecule has 0 aliphatic carbocycles. The molecule has 0 saturated carbocycles. The second-order valence-electron chi connectivity index (χ2n) is 7.34. The fourth-order valence-electron chi connectivity index (χ4n) is 2.25. The Morgan fingerprint density at radius 1 is 1.17 bits per heavy atom. The van der Waals surface area contributed by atoms with Crippen molar-refractivity contribution >= 4 is 16.0 Å². The molecule has 0 radical (unpaired) electrons. The van der Waals surface area contributed by atoms with Crippen molar-refractivity contribution in [3.63, 3.8) is 0 Å². The molecule has 0 heterocycles. The van der Waals surface area contributed by atoms with Crippen LogP contribution in [0.25, 0.3) is 0 Å². The third kappa shape index (κ3) is 8.34. The lowest BCUT2D eigenvalue weighted by Gasteiger charge is -2.27. The van der Waals surface area contributed by atoms with E-state index in [-0.39, 0.29) is 17.1 Å². The van der Waals surface area contributed by atoms with Crippen molar-refractivity contribution in [1.29, 1.82) is 0 Å². The van der Waals surface area contributed by atoms with Crippen molar-refractivity contribution in [2.45, 2.75) is 53.5 Å². The first-order chi connectivity index (χ1) is 11.0. The molecule has 0 aromatic heterocycles. The summed E-state index contributed by atoms with van der Waals surface area (Å²) >= 11 is 0. The van der Waals surface area contributed by atoms with Crippen LogP contribution < -0.4 is 4.18 Å². The van der Waals surface area contributed by atoms with E-state index in [4.69, 9.17) is 4.18 Å². The highest BCUT2D eigenvalue weighted by molar-refractivity contribution is 7.86. The van der Waals surface area contributed by atoms with Crippen LogP contribution in [0.5, 0.6) is 5.75 Å². The van der Waals surface area contributed by atoms with Crippen molar-refractivity contribution in [3.8, 4) is 5.75 Å². The number of carbonyl (C=O) groups is 1. The fraction of sp³-hybridized carbons (Fsp3) is 0.611. The molecule has 0 spiro atoms. The minimum Gasteiger partial charge on any atom is -0.383 e. The number of unbranched alkanes of at least 4 members (excludes halogenated alkanes) is 1. The molecule has 5 nitrogen and oxygen atoms in total. The van der Waals surface area contributed by atoms with Crippen LogP contribution in [0.15, 0.2) is 24.3 Å². The zero-order chi connectivity index (χ0) is 18.4. The van der Waals surface area contributed by atoms with Crippen molar-refractivity contribution < 1.29 is 17.4 Å². The Balaban J connectivity index is 2.80. The molecule has 0 bridgehead atoms. The molecule has 1 aromatic carbocycles. The van der Waals surface area contributed by atoms with Crippen LogP contribution >= 0.6 is 0 Å². The zero-order valence-electron chi connectivity index (χ0n) is 15.3. The number of nitrogens with zero attached hydrogens (tertiary/aromatic N) is 1. The highest BCUT2D eigenvalue weighted by Gasteiger charge is 2.21. The summed E-state index contributed by atoms with van der Waals surface area (Å²) in [4.78, 5) is 14.4. The predicted molar refractivity (Wildman–Crippen MR) is 96.3 cm³/mol. The lowest BCUT2D eigenvalue weighted by Crippen LogP contribution is -2.34. The van der Waals surface area contributed by atoms with Gasteiger partial charge in [-0.1, -0.05) is 46.2 Å². The zero-order valence-corrected chi connectivity index (χ0v) is 16.1. The van der Waals surface area contributed by atoms with Crippen LogP contribution in [0, 0.1) is 5.41 Å². The Labute approximate surface area is 146 Å². The van der Waals surface area contributed by atoms with Crippen LogP contribution in [0.1, 0.15) is 52.5 Å². The Hall–Kier alpha value is -1.56. The van der Waals surface area contributed by atoms with Gasteiger partial charge in [0.05, 0.1) is 6.26 Å². The maximum Gasteiger partial charge on any atom is 0.306 e. The Morgan fingerprint density at radius 3 is 2.21 bits per heavy atom. The molecule has 1 amide bonds. The van der Waals surface area contributed by atoms with E-state index in [1.807, 2.05) is 4.90 Å². The topological polar surface area (TPSA) is 63.7 Å². The maximum atomic E-state index is 12.5. The van der Waals surface area contributed by atoms with E-state index in [9.17, 15) is 13.2 Å². The van der Waals surface area contributed by atoms with Gasteiger partial charge in [-0.05, 0) is 29.5 Å². The summed E-state index contributed by atoms with van der Waals surface area (Å²) in [5.41, 5.74) is 0.906. The highest BCUT2D eigenvalue weighted by Crippen LogP contribution is 2.21. The number of carbonyl (C=O) groups excluding carboxylic acids is 1. The van der Waals surface area contributed by atoms with Gasteiger partial charge >= 0.3 is 10.1 Å². The van der Waals surface area contributed by atoms with Gasteiger partial charge in [-0.15, -0.1) is 0 Å². The molecular formula is C18H29NO4S. The van der Waals surface area contributed by atoms with Gasteiger partial charge in [0.2, 0.25) is 5.91 Å². The molecule has 1 rings (SSSR count). The largest absolute Gasteiger partial charge is 0.383 e. The molecule has 0 aliphatic rings. The molecule has 0 atom stereocenters. The van der Waals surface area contributed by atoms with Crippen LogP contribution in [-0.2, 0) is 21.5 Å². The smallest absolute Gasteiger partial charge is 0.306 e. The number of hydrogen-bond donors (Lipinski definition) is 0. The van der Waals surface area contributed by atoms with E-state index >= 15 is 0 Å². The molecule has 0 saturated heterocycles. The van der Waals surface area contributed by atoms with Crippen molar-refractivity contribution in [1.82, 2.24) is 4.90 Å². The number of amides is 1. The minimum atomic E-state index is -3.52. The van der Waals surface area contributed by atoms with Gasteiger partial charge in [-0.3, -0.25) is 4.79 Å². The summed E-state index contributed by atoms with van der Waals surface area (Å²) in [6.07, 6.45) is 3.51. The number of rotatable bonds is 8. The summed E-state index contributed by atoms with van der Waals surface area (Å²) in [5, 5.41) is 0. The maximum absolute atomic E-state index is 12.5. The average Bonchev–Trinajstić information content (AvgIpc) is 2.41. The molecule has 0 aliphatic heterocycles. The van der Waals surface area contributed by atoms with Crippen molar-refractivity contribution in [2.75, 3.05) is 12.8 Å². The summed E-state index contributed by atoms with van der Waals surface area (Å²) in [7, 11) is -3.52. The van der Waals surface area contributed by atoms with Gasteiger partial charge in [0, 0.05) is 19.5 Å². The van der Waals surface area contributed by atoms with E-state index in [0.717, 1.165) is 31.2 Å². The van der Waals surface area contributed by atoms with E-state index in [0.29, 0.717) is 13.0 Å². The molecule has 0 unspecified atom stereocenters. The molecule has 136 valence electrons. The molecule has 0 N–H and O–H groups in total. The quantitative estimate of drug-likeness (QED) is 0.669. The van der Waals surface area contributed by atoms with Gasteiger partial charge in [0.25, 0.3) is 0 Å². The first-order valence-corrected chi connectivity index (χ1v) is 10.1. The van der Waals surface area contributed by atoms with Crippen molar-refractivity contribution in [3.05, 3.63) is 29.8 Å². The molecular weight excluding hydrogens is 326 g/mol. The SMILES string of the molecule is CCCCN(Cc1ccc(OS(C)(=O)=O)cc1)C(=O)CC(C)(C)C. The molecule has 1 aromatic rings. The fourth-order valence-corrected chi connectivity index (χ4v) is 2.71. The van der Waals surface area contributed by atoms with Gasteiger partial charge in [-0.2, -0.15) is 8.42 Å². The predicted octanol–water partition coefficient (Wildman–Crippen LogP) is 3.59. The van der Waals surface area contributed by atoms with Gasteiger partial charge in [0.15, 0.2) is 0 Å². The normalized spacial score (nSPS) is 12.0. The van der Waals surface area contributed by atoms with Crippen LogP contribution in [0.4, 0.5) is 0 Å². The summed E-state index contributed by atoms with van der Waals surface area (Å²) in [5.74, 6) is 0.426. The number of benzene rings is 1. The third-order valence-electron chi connectivity index (χ3n) is 3.36. The van der Waals surface area contributed by atoms with Gasteiger partial charge < -0.3 is 9.08 Å².